The van der Waals surface area contributed by atoms with Crippen LogP contribution in [0.1, 0.15) is 17.8 Å². The molecule has 136 valence electrons. The van der Waals surface area contributed by atoms with Crippen molar-refractivity contribution in [2.75, 3.05) is 66.6 Å². The number of ether oxygens (including phenoxy) is 1. The van der Waals surface area contributed by atoms with E-state index >= 15 is 0 Å². The van der Waals surface area contributed by atoms with Crippen LogP contribution in [0, 0.1) is 0 Å². The summed E-state index contributed by atoms with van der Waals surface area (Å²) in [4.78, 5) is 10.8. The zero-order chi connectivity index (χ0) is 17.2. The van der Waals surface area contributed by atoms with E-state index in [0.29, 0.717) is 6.04 Å². The first-order chi connectivity index (χ1) is 11.7. The molecule has 0 aromatic carbocycles. The molecule has 0 spiro atoms. The molecule has 1 aromatic rings. The number of rotatable bonds is 8. The van der Waals surface area contributed by atoms with Crippen LogP contribution >= 0.6 is 11.3 Å². The lowest BCUT2D eigenvalue weighted by Gasteiger charge is -2.27. The van der Waals surface area contributed by atoms with Gasteiger partial charge in [0.05, 0.1) is 25.8 Å². The maximum Gasteiger partial charge on any atom is 0.191 e. The van der Waals surface area contributed by atoms with Gasteiger partial charge in [0.25, 0.3) is 0 Å². The summed E-state index contributed by atoms with van der Waals surface area (Å²) in [6, 6.07) is 4.61. The number of hydrogen-bond acceptors (Lipinski definition) is 5. The van der Waals surface area contributed by atoms with Crippen LogP contribution in [0.25, 0.3) is 0 Å². The minimum Gasteiger partial charge on any atom is -0.379 e. The Bertz CT molecular complexity index is 471. The van der Waals surface area contributed by atoms with Gasteiger partial charge in [0, 0.05) is 37.6 Å². The van der Waals surface area contributed by atoms with Crippen LogP contribution in [0.3, 0.4) is 0 Å². The highest BCUT2D eigenvalue weighted by Gasteiger charge is 2.15. The van der Waals surface area contributed by atoms with Crippen molar-refractivity contribution in [1.29, 1.82) is 0 Å². The van der Waals surface area contributed by atoms with Crippen LogP contribution in [0.2, 0.25) is 0 Å². The third-order valence-corrected chi connectivity index (χ3v) is 5.06. The Balaban J connectivity index is 1.84. The molecule has 0 saturated carbocycles. The predicted molar refractivity (Wildman–Crippen MR) is 102 cm³/mol. The molecule has 6 nitrogen and oxygen atoms in total. The molecule has 1 aliphatic heterocycles. The maximum atomic E-state index is 5.39. The zero-order valence-electron chi connectivity index (χ0n) is 15.1. The van der Waals surface area contributed by atoms with Crippen molar-refractivity contribution in [2.24, 2.45) is 4.99 Å². The lowest BCUT2D eigenvalue weighted by Crippen LogP contribution is -2.44. The largest absolute Gasteiger partial charge is 0.379 e. The van der Waals surface area contributed by atoms with E-state index in [1.54, 1.807) is 11.3 Å². The van der Waals surface area contributed by atoms with Gasteiger partial charge >= 0.3 is 0 Å². The summed E-state index contributed by atoms with van der Waals surface area (Å²) >= 11 is 1.79. The number of nitrogens with zero attached hydrogens (tertiary/aromatic N) is 3. The molecule has 7 heteroatoms. The second-order valence-corrected chi connectivity index (χ2v) is 7.07. The van der Waals surface area contributed by atoms with Crippen LogP contribution in [0.4, 0.5) is 0 Å². The van der Waals surface area contributed by atoms with Gasteiger partial charge in [0.15, 0.2) is 5.96 Å². The number of aliphatic imine (C=N–C) groups is 1. The van der Waals surface area contributed by atoms with Gasteiger partial charge < -0.3 is 20.3 Å². The Morgan fingerprint density at radius 2 is 2.17 bits per heavy atom. The fraction of sp³-hybridized carbons (Fsp3) is 0.706. The zero-order valence-corrected chi connectivity index (χ0v) is 15.9. The molecule has 0 radical (unpaired) electrons. The third kappa shape index (κ3) is 6.39. The molecule has 1 atom stereocenters. The van der Waals surface area contributed by atoms with Gasteiger partial charge in [-0.25, -0.2) is 0 Å². The molecule has 1 fully saturated rings. The molecule has 2 rings (SSSR count). The summed E-state index contributed by atoms with van der Waals surface area (Å²) in [5.41, 5.74) is 0. The topological polar surface area (TPSA) is 52.1 Å². The second-order valence-electron chi connectivity index (χ2n) is 6.10. The number of morpholine rings is 1. The van der Waals surface area contributed by atoms with Crippen LogP contribution in [-0.2, 0) is 4.74 Å². The van der Waals surface area contributed by atoms with Crippen LogP contribution in [0.15, 0.2) is 22.5 Å². The summed E-state index contributed by atoms with van der Waals surface area (Å²) < 4.78 is 5.39. The normalized spacial score (nSPS) is 17.9. The lowest BCUT2D eigenvalue weighted by molar-refractivity contribution is 0.0389. The van der Waals surface area contributed by atoms with Gasteiger partial charge in [-0.2, -0.15) is 0 Å². The van der Waals surface area contributed by atoms with Crippen molar-refractivity contribution in [2.45, 2.75) is 13.0 Å². The van der Waals surface area contributed by atoms with Crippen LogP contribution in [-0.4, -0.2) is 82.3 Å². The minimum atomic E-state index is 0.319. The van der Waals surface area contributed by atoms with E-state index < -0.39 is 0 Å². The maximum absolute atomic E-state index is 5.39. The van der Waals surface area contributed by atoms with Crippen molar-refractivity contribution in [3.8, 4) is 0 Å². The van der Waals surface area contributed by atoms with E-state index in [2.05, 4.69) is 59.0 Å². The molecular formula is C17H31N5OS. The molecule has 24 heavy (non-hydrogen) atoms. The fourth-order valence-corrected chi connectivity index (χ4v) is 3.58. The highest BCUT2D eigenvalue weighted by atomic mass is 32.1. The van der Waals surface area contributed by atoms with Crippen LogP contribution in [0.5, 0.6) is 0 Å². The quantitative estimate of drug-likeness (QED) is 0.544. The standard InChI is InChI=1S/C17H31N5OS/c1-4-18-17(19-7-8-22-9-11-23-12-10-22)20-14-15(21(2)3)16-6-5-13-24-16/h5-6,13,15H,4,7-12,14H2,1-3H3,(H2,18,19,20). The fourth-order valence-electron chi connectivity index (χ4n) is 2.67. The van der Waals surface area contributed by atoms with Crippen molar-refractivity contribution in [1.82, 2.24) is 20.4 Å². The molecule has 0 amide bonds. The first-order valence-corrected chi connectivity index (χ1v) is 9.60. The van der Waals surface area contributed by atoms with E-state index in [1.165, 1.54) is 4.88 Å². The van der Waals surface area contributed by atoms with E-state index in [0.717, 1.165) is 58.4 Å². The SMILES string of the molecule is CCNC(=NCC(c1cccs1)N(C)C)NCCN1CCOCC1. The van der Waals surface area contributed by atoms with Crippen molar-refractivity contribution < 1.29 is 4.74 Å². The summed E-state index contributed by atoms with van der Waals surface area (Å²) in [6.45, 7) is 9.39. The van der Waals surface area contributed by atoms with Gasteiger partial charge in [-0.1, -0.05) is 6.07 Å². The highest BCUT2D eigenvalue weighted by molar-refractivity contribution is 7.10. The van der Waals surface area contributed by atoms with Gasteiger partial charge in [0.2, 0.25) is 0 Å². The number of thiophene rings is 1. The van der Waals surface area contributed by atoms with Gasteiger partial charge in [0.1, 0.15) is 0 Å². The first kappa shape index (κ1) is 19.2. The monoisotopic (exact) mass is 353 g/mol. The van der Waals surface area contributed by atoms with Crippen molar-refractivity contribution >= 4 is 17.3 Å². The Morgan fingerprint density at radius 3 is 2.79 bits per heavy atom. The van der Waals surface area contributed by atoms with Crippen LogP contribution < -0.4 is 10.6 Å². The molecule has 1 aliphatic rings. The molecule has 0 bridgehead atoms. The molecule has 1 saturated heterocycles. The first-order valence-electron chi connectivity index (χ1n) is 8.72. The summed E-state index contributed by atoms with van der Waals surface area (Å²) in [7, 11) is 4.22. The van der Waals surface area contributed by atoms with Crippen molar-refractivity contribution in [3.05, 3.63) is 22.4 Å². The molecule has 1 unspecified atom stereocenters. The minimum absolute atomic E-state index is 0.319. The average molecular weight is 354 g/mol. The Kier molecular flexibility index (Phi) is 8.52. The van der Waals surface area contributed by atoms with E-state index in [9.17, 15) is 0 Å². The van der Waals surface area contributed by atoms with Gasteiger partial charge in [-0.15, -0.1) is 11.3 Å². The van der Waals surface area contributed by atoms with E-state index in [1.807, 2.05) is 0 Å². The summed E-state index contributed by atoms with van der Waals surface area (Å²) in [5, 5.41) is 8.92. The van der Waals surface area contributed by atoms with Crippen molar-refractivity contribution in [3.63, 3.8) is 0 Å². The molecule has 1 aromatic heterocycles. The number of guanidine groups is 1. The smallest absolute Gasteiger partial charge is 0.191 e. The molecular weight excluding hydrogens is 322 g/mol. The molecule has 2 N–H and O–H groups in total. The van der Waals surface area contributed by atoms with E-state index in [4.69, 9.17) is 9.73 Å². The average Bonchev–Trinajstić information content (AvgIpc) is 3.10. The lowest BCUT2D eigenvalue weighted by atomic mass is 10.2. The Morgan fingerprint density at radius 1 is 1.38 bits per heavy atom. The number of nitrogens with one attached hydrogen (secondary N) is 2. The predicted octanol–water partition coefficient (Wildman–Crippen LogP) is 1.24. The third-order valence-electron chi connectivity index (χ3n) is 4.09. The molecule has 0 aliphatic carbocycles. The second kappa shape index (κ2) is 10.7. The molecule has 2 heterocycles. The number of likely N-dealkylation sites (N-methyl/N-ethyl adjacent to an activating group) is 1. The van der Waals surface area contributed by atoms with Gasteiger partial charge in [-0.3, -0.25) is 9.89 Å². The Labute approximate surface area is 149 Å². The highest BCUT2D eigenvalue weighted by Crippen LogP contribution is 2.23. The van der Waals surface area contributed by atoms with E-state index in [-0.39, 0.29) is 0 Å². The summed E-state index contributed by atoms with van der Waals surface area (Å²) in [5.74, 6) is 0.897. The van der Waals surface area contributed by atoms with Gasteiger partial charge in [-0.05, 0) is 32.5 Å². The Hall–Kier alpha value is -1.15. The number of hydrogen-bond donors (Lipinski definition) is 2. The summed E-state index contributed by atoms with van der Waals surface area (Å²) in [6.07, 6.45) is 0.